The monoisotopic (exact) mass is 427 g/mol. The van der Waals surface area contributed by atoms with Crippen LogP contribution in [0.25, 0.3) is 21.9 Å². The SMILES string of the molecule is Cc1c(CCC(=O)NC(C(=O)O)C(C)C)c(=O)oc2cc3occ(C(C)(C)C)c3cc12. The molecule has 0 aliphatic carbocycles. The fraction of sp³-hybridized carbons (Fsp3) is 0.458. The van der Waals surface area contributed by atoms with Crippen molar-refractivity contribution in [3.63, 3.8) is 0 Å². The predicted octanol–water partition coefficient (Wildman–Crippen LogP) is 4.30. The molecule has 7 heteroatoms. The van der Waals surface area contributed by atoms with E-state index < -0.39 is 23.5 Å². The number of hydrogen-bond donors (Lipinski definition) is 2. The van der Waals surface area contributed by atoms with Gasteiger partial charge < -0.3 is 19.3 Å². The zero-order valence-electron chi connectivity index (χ0n) is 18.8. The van der Waals surface area contributed by atoms with Crippen LogP contribution in [0.1, 0.15) is 57.7 Å². The van der Waals surface area contributed by atoms with Gasteiger partial charge in [0.15, 0.2) is 0 Å². The smallest absolute Gasteiger partial charge is 0.339 e. The average Bonchev–Trinajstić information content (AvgIpc) is 3.07. The summed E-state index contributed by atoms with van der Waals surface area (Å²) in [6.45, 7) is 11.6. The molecule has 0 aliphatic heterocycles. The molecule has 0 fully saturated rings. The highest BCUT2D eigenvalue weighted by molar-refractivity contribution is 5.97. The molecule has 0 saturated heterocycles. The minimum Gasteiger partial charge on any atom is -0.480 e. The van der Waals surface area contributed by atoms with Crippen LogP contribution >= 0.6 is 0 Å². The van der Waals surface area contributed by atoms with Gasteiger partial charge >= 0.3 is 11.6 Å². The molecule has 31 heavy (non-hydrogen) atoms. The number of rotatable bonds is 6. The zero-order chi connectivity index (χ0) is 23.1. The number of carbonyl (C=O) groups is 2. The van der Waals surface area contributed by atoms with Crippen LogP contribution in [0.4, 0.5) is 0 Å². The Morgan fingerprint density at radius 1 is 1.13 bits per heavy atom. The summed E-state index contributed by atoms with van der Waals surface area (Å²) in [5, 5.41) is 13.5. The highest BCUT2D eigenvalue weighted by Gasteiger charge is 2.24. The van der Waals surface area contributed by atoms with E-state index in [9.17, 15) is 19.5 Å². The van der Waals surface area contributed by atoms with Gasteiger partial charge in [0.2, 0.25) is 5.91 Å². The number of amides is 1. The van der Waals surface area contributed by atoms with E-state index in [1.165, 1.54) is 0 Å². The quantitative estimate of drug-likeness (QED) is 0.568. The molecule has 0 aliphatic rings. The van der Waals surface area contributed by atoms with Gasteiger partial charge in [-0.05, 0) is 36.3 Å². The summed E-state index contributed by atoms with van der Waals surface area (Å²) >= 11 is 0. The van der Waals surface area contributed by atoms with Crippen LogP contribution < -0.4 is 10.9 Å². The van der Waals surface area contributed by atoms with Crippen LogP contribution in [0.15, 0.2) is 32.0 Å². The molecule has 0 saturated carbocycles. The Morgan fingerprint density at radius 2 is 1.81 bits per heavy atom. The fourth-order valence-corrected chi connectivity index (χ4v) is 3.78. The molecule has 1 atom stereocenters. The number of fused-ring (bicyclic) bond motifs is 2. The first-order valence-corrected chi connectivity index (χ1v) is 10.4. The minimum absolute atomic E-state index is 0.00516. The molecule has 2 aromatic heterocycles. The Bertz CT molecular complexity index is 1210. The third kappa shape index (κ3) is 4.50. The lowest BCUT2D eigenvalue weighted by atomic mass is 9.86. The summed E-state index contributed by atoms with van der Waals surface area (Å²) in [5.41, 5.74) is 2.70. The Balaban J connectivity index is 1.94. The number of hydrogen-bond acceptors (Lipinski definition) is 5. The largest absolute Gasteiger partial charge is 0.480 e. The van der Waals surface area contributed by atoms with Gasteiger partial charge in [-0.15, -0.1) is 0 Å². The molecule has 166 valence electrons. The number of carboxylic acid groups (broad SMARTS) is 1. The number of carbonyl (C=O) groups excluding carboxylic acids is 1. The van der Waals surface area contributed by atoms with Crippen molar-refractivity contribution < 1.29 is 23.5 Å². The van der Waals surface area contributed by atoms with E-state index in [0.717, 1.165) is 21.9 Å². The van der Waals surface area contributed by atoms with Gasteiger partial charge in [-0.1, -0.05) is 34.6 Å². The van der Waals surface area contributed by atoms with Crippen molar-refractivity contribution in [2.75, 3.05) is 0 Å². The van der Waals surface area contributed by atoms with Crippen molar-refractivity contribution >= 4 is 33.8 Å². The molecule has 2 N–H and O–H groups in total. The summed E-state index contributed by atoms with van der Waals surface area (Å²) in [5.74, 6) is -1.74. The maximum absolute atomic E-state index is 12.6. The minimum atomic E-state index is -1.08. The zero-order valence-corrected chi connectivity index (χ0v) is 18.8. The molecular formula is C24H29NO6. The second kappa shape index (κ2) is 8.21. The molecule has 0 bridgehead atoms. The summed E-state index contributed by atoms with van der Waals surface area (Å²) in [4.78, 5) is 36.2. The molecule has 0 spiro atoms. The van der Waals surface area contributed by atoms with Gasteiger partial charge in [0.1, 0.15) is 17.2 Å². The van der Waals surface area contributed by atoms with Crippen LogP contribution in [0.3, 0.4) is 0 Å². The van der Waals surface area contributed by atoms with Crippen molar-refractivity contribution in [1.82, 2.24) is 5.32 Å². The van der Waals surface area contributed by atoms with Gasteiger partial charge in [-0.3, -0.25) is 4.79 Å². The standard InChI is InChI=1S/C24H29NO6/c1-12(2)21(22(27)28)25-20(26)8-7-14-13(3)15-9-16-17(24(4,5)6)11-30-18(16)10-19(15)31-23(14)29/h9-12,21H,7-8H2,1-6H3,(H,25,26)(H,27,28). The van der Waals surface area contributed by atoms with Crippen molar-refractivity contribution in [2.45, 2.75) is 65.8 Å². The van der Waals surface area contributed by atoms with Gasteiger partial charge in [0.05, 0.1) is 6.26 Å². The van der Waals surface area contributed by atoms with Gasteiger partial charge in [-0.2, -0.15) is 0 Å². The van der Waals surface area contributed by atoms with Crippen LogP contribution in [0, 0.1) is 12.8 Å². The summed E-state index contributed by atoms with van der Waals surface area (Å²) < 4.78 is 11.2. The van der Waals surface area contributed by atoms with E-state index in [-0.39, 0.29) is 24.2 Å². The van der Waals surface area contributed by atoms with E-state index in [2.05, 4.69) is 26.1 Å². The first kappa shape index (κ1) is 22.6. The summed E-state index contributed by atoms with van der Waals surface area (Å²) in [6.07, 6.45) is 1.89. The molecule has 1 unspecified atom stereocenters. The van der Waals surface area contributed by atoms with E-state index >= 15 is 0 Å². The van der Waals surface area contributed by atoms with Crippen molar-refractivity contribution in [2.24, 2.45) is 5.92 Å². The molecular weight excluding hydrogens is 398 g/mol. The number of carboxylic acids is 1. The predicted molar refractivity (Wildman–Crippen MR) is 118 cm³/mol. The number of benzene rings is 1. The van der Waals surface area contributed by atoms with Crippen molar-refractivity contribution in [1.29, 1.82) is 0 Å². The second-order valence-electron chi connectivity index (χ2n) is 9.36. The number of nitrogens with one attached hydrogen (secondary N) is 1. The molecule has 1 amide bonds. The molecule has 3 aromatic rings. The molecule has 0 radical (unpaired) electrons. The number of aryl methyl sites for hydroxylation is 1. The topological polar surface area (TPSA) is 110 Å². The molecule has 2 heterocycles. The first-order valence-electron chi connectivity index (χ1n) is 10.4. The van der Waals surface area contributed by atoms with Gasteiger partial charge in [0.25, 0.3) is 0 Å². The molecule has 3 rings (SSSR count). The third-order valence-corrected chi connectivity index (χ3v) is 5.64. The lowest BCUT2D eigenvalue weighted by molar-refractivity contribution is -0.143. The van der Waals surface area contributed by atoms with E-state index in [4.69, 9.17) is 8.83 Å². The van der Waals surface area contributed by atoms with Gasteiger partial charge in [0, 0.05) is 34.4 Å². The maximum atomic E-state index is 12.6. The van der Waals surface area contributed by atoms with Gasteiger partial charge in [-0.25, -0.2) is 9.59 Å². The Morgan fingerprint density at radius 3 is 2.39 bits per heavy atom. The fourth-order valence-electron chi connectivity index (χ4n) is 3.78. The van der Waals surface area contributed by atoms with E-state index in [1.807, 2.05) is 13.0 Å². The highest BCUT2D eigenvalue weighted by Crippen LogP contribution is 2.35. The lowest BCUT2D eigenvalue weighted by Crippen LogP contribution is -2.44. The average molecular weight is 427 g/mol. The van der Waals surface area contributed by atoms with Crippen LogP contribution in [0.2, 0.25) is 0 Å². The molecule has 7 nitrogen and oxygen atoms in total. The Labute approximate surface area is 180 Å². The highest BCUT2D eigenvalue weighted by atomic mass is 16.4. The Hall–Kier alpha value is -3.09. The third-order valence-electron chi connectivity index (χ3n) is 5.64. The normalized spacial score (nSPS) is 13.1. The maximum Gasteiger partial charge on any atom is 0.339 e. The number of furan rings is 1. The van der Waals surface area contributed by atoms with Crippen LogP contribution in [-0.4, -0.2) is 23.0 Å². The number of aliphatic carboxylic acids is 1. The van der Waals surface area contributed by atoms with E-state index in [0.29, 0.717) is 16.7 Å². The first-order chi connectivity index (χ1) is 14.4. The molecule has 1 aromatic carbocycles. The summed E-state index contributed by atoms with van der Waals surface area (Å²) in [7, 11) is 0. The van der Waals surface area contributed by atoms with Crippen LogP contribution in [-0.2, 0) is 21.4 Å². The second-order valence-corrected chi connectivity index (χ2v) is 9.36. The lowest BCUT2D eigenvalue weighted by Gasteiger charge is -2.18. The Kier molecular flexibility index (Phi) is 5.98. The van der Waals surface area contributed by atoms with Crippen molar-refractivity contribution in [3.05, 3.63) is 45.5 Å². The summed E-state index contributed by atoms with van der Waals surface area (Å²) in [6, 6.07) is 2.73. The van der Waals surface area contributed by atoms with Crippen LogP contribution in [0.5, 0.6) is 0 Å². The van der Waals surface area contributed by atoms with Crippen molar-refractivity contribution in [3.8, 4) is 0 Å². The van der Waals surface area contributed by atoms with E-state index in [1.54, 1.807) is 26.2 Å².